The van der Waals surface area contributed by atoms with Crippen molar-refractivity contribution in [3.63, 3.8) is 0 Å². The third-order valence-electron chi connectivity index (χ3n) is 1.99. The van der Waals surface area contributed by atoms with E-state index in [0.29, 0.717) is 5.69 Å². The van der Waals surface area contributed by atoms with Crippen molar-refractivity contribution >= 4 is 22.9 Å². The molecule has 1 amide bonds. The van der Waals surface area contributed by atoms with Crippen molar-refractivity contribution in [1.29, 1.82) is 0 Å². The molecule has 2 N–H and O–H groups in total. The van der Waals surface area contributed by atoms with E-state index in [1.165, 1.54) is 11.3 Å². The van der Waals surface area contributed by atoms with Crippen LogP contribution in [0.15, 0.2) is 6.07 Å². The van der Waals surface area contributed by atoms with Crippen molar-refractivity contribution in [1.82, 2.24) is 4.90 Å². The summed E-state index contributed by atoms with van der Waals surface area (Å²) < 4.78 is 0. The van der Waals surface area contributed by atoms with Gasteiger partial charge in [-0.3, -0.25) is 4.79 Å². The van der Waals surface area contributed by atoms with Gasteiger partial charge in [0.15, 0.2) is 0 Å². The van der Waals surface area contributed by atoms with Crippen molar-refractivity contribution < 1.29 is 4.79 Å². The molecule has 13 heavy (non-hydrogen) atoms. The average molecular weight is 198 g/mol. The van der Waals surface area contributed by atoms with E-state index in [0.717, 1.165) is 16.3 Å². The largest absolute Gasteiger partial charge is 0.398 e. The van der Waals surface area contributed by atoms with Gasteiger partial charge in [0, 0.05) is 24.2 Å². The summed E-state index contributed by atoms with van der Waals surface area (Å²) >= 11 is 1.45. The van der Waals surface area contributed by atoms with Crippen LogP contribution in [0.25, 0.3) is 0 Å². The molecule has 4 heteroatoms. The minimum Gasteiger partial charge on any atom is -0.398 e. The van der Waals surface area contributed by atoms with E-state index >= 15 is 0 Å². The maximum atomic E-state index is 11.6. The second-order valence-electron chi connectivity index (χ2n) is 2.94. The minimum absolute atomic E-state index is 0.0484. The number of carbonyl (C=O) groups excluding carboxylic acids is 1. The lowest BCUT2D eigenvalue weighted by Gasteiger charge is -2.12. The van der Waals surface area contributed by atoms with Gasteiger partial charge < -0.3 is 10.6 Å². The number of anilines is 1. The van der Waals surface area contributed by atoms with Gasteiger partial charge >= 0.3 is 0 Å². The van der Waals surface area contributed by atoms with Crippen LogP contribution in [0.5, 0.6) is 0 Å². The molecule has 0 fully saturated rings. The lowest BCUT2D eigenvalue weighted by atomic mass is 10.3. The molecule has 0 radical (unpaired) electrons. The zero-order valence-corrected chi connectivity index (χ0v) is 8.94. The van der Waals surface area contributed by atoms with Gasteiger partial charge in [-0.05, 0) is 19.9 Å². The van der Waals surface area contributed by atoms with E-state index in [2.05, 4.69) is 0 Å². The summed E-state index contributed by atoms with van der Waals surface area (Å²) in [6.07, 6.45) is 0. The number of aryl methyl sites for hydroxylation is 1. The normalized spacial score (nSPS) is 10.1. The van der Waals surface area contributed by atoms with Gasteiger partial charge in [-0.1, -0.05) is 0 Å². The number of nitrogens with two attached hydrogens (primary N) is 1. The first-order valence-corrected chi connectivity index (χ1v) is 4.99. The van der Waals surface area contributed by atoms with Crippen LogP contribution in [0, 0.1) is 6.92 Å². The van der Waals surface area contributed by atoms with Gasteiger partial charge in [0.05, 0.1) is 4.88 Å². The van der Waals surface area contributed by atoms with Crippen molar-refractivity contribution in [2.24, 2.45) is 0 Å². The van der Waals surface area contributed by atoms with E-state index in [4.69, 9.17) is 5.73 Å². The van der Waals surface area contributed by atoms with Crippen LogP contribution in [0.1, 0.15) is 21.5 Å². The number of nitrogen functional groups attached to an aromatic ring is 1. The number of carbonyl (C=O) groups is 1. The third-order valence-corrected chi connectivity index (χ3v) is 3.04. The first-order valence-electron chi connectivity index (χ1n) is 4.17. The van der Waals surface area contributed by atoms with Gasteiger partial charge in [0.1, 0.15) is 0 Å². The molecule has 0 spiro atoms. The summed E-state index contributed by atoms with van der Waals surface area (Å²) in [6.45, 7) is 4.58. The second kappa shape index (κ2) is 3.79. The second-order valence-corrected chi connectivity index (χ2v) is 4.20. The lowest BCUT2D eigenvalue weighted by Crippen LogP contribution is -2.25. The van der Waals surface area contributed by atoms with E-state index in [1.807, 2.05) is 13.8 Å². The molecule has 1 aromatic rings. The summed E-state index contributed by atoms with van der Waals surface area (Å²) in [7, 11) is 1.79. The first kappa shape index (κ1) is 10.1. The molecule has 0 bridgehead atoms. The first-order chi connectivity index (χ1) is 6.06. The molecule has 0 aliphatic rings. The number of amides is 1. The number of nitrogens with zero attached hydrogens (tertiary/aromatic N) is 1. The predicted octanol–water partition coefficient (Wildman–Crippen LogP) is 1.73. The quantitative estimate of drug-likeness (QED) is 0.786. The average Bonchev–Trinajstić information content (AvgIpc) is 2.44. The Hall–Kier alpha value is -1.03. The molecule has 0 saturated heterocycles. The van der Waals surface area contributed by atoms with Gasteiger partial charge in [-0.25, -0.2) is 0 Å². The van der Waals surface area contributed by atoms with Crippen LogP contribution < -0.4 is 5.73 Å². The highest BCUT2D eigenvalue weighted by Gasteiger charge is 2.13. The molecule has 0 unspecified atom stereocenters. The van der Waals surface area contributed by atoms with Gasteiger partial charge in [0.2, 0.25) is 0 Å². The zero-order chi connectivity index (χ0) is 10.0. The highest BCUT2D eigenvalue weighted by molar-refractivity contribution is 7.14. The van der Waals surface area contributed by atoms with E-state index in [-0.39, 0.29) is 5.91 Å². The van der Waals surface area contributed by atoms with Crippen LogP contribution in [0.4, 0.5) is 5.69 Å². The van der Waals surface area contributed by atoms with E-state index < -0.39 is 0 Å². The zero-order valence-electron chi connectivity index (χ0n) is 8.13. The van der Waals surface area contributed by atoms with Crippen LogP contribution in [-0.4, -0.2) is 24.4 Å². The van der Waals surface area contributed by atoms with Crippen LogP contribution in [0.3, 0.4) is 0 Å². The fraction of sp³-hybridized carbons (Fsp3) is 0.444. The SMILES string of the molecule is CCN(C)C(=O)c1cc(N)c(C)s1. The van der Waals surface area contributed by atoms with Gasteiger partial charge in [-0.15, -0.1) is 11.3 Å². The molecule has 0 atom stereocenters. The Kier molecular flexibility index (Phi) is 2.93. The fourth-order valence-electron chi connectivity index (χ4n) is 0.933. The molecule has 72 valence electrons. The Balaban J connectivity index is 2.89. The van der Waals surface area contributed by atoms with Crippen molar-refractivity contribution in [2.45, 2.75) is 13.8 Å². The number of rotatable bonds is 2. The minimum atomic E-state index is 0.0484. The molecule has 0 saturated carbocycles. The Morgan fingerprint density at radius 1 is 1.69 bits per heavy atom. The summed E-state index contributed by atoms with van der Waals surface area (Å²) in [5.41, 5.74) is 6.37. The third kappa shape index (κ3) is 2.01. The molecular weight excluding hydrogens is 184 g/mol. The number of hydrogen-bond donors (Lipinski definition) is 1. The molecule has 1 rings (SSSR count). The number of thiophene rings is 1. The monoisotopic (exact) mass is 198 g/mol. The molecule has 0 aliphatic carbocycles. The Bertz CT molecular complexity index is 300. The maximum absolute atomic E-state index is 11.6. The van der Waals surface area contributed by atoms with Crippen molar-refractivity contribution in [3.8, 4) is 0 Å². The molecule has 0 aliphatic heterocycles. The Morgan fingerprint density at radius 3 is 2.69 bits per heavy atom. The topological polar surface area (TPSA) is 46.3 Å². The van der Waals surface area contributed by atoms with Crippen molar-refractivity contribution in [3.05, 3.63) is 15.8 Å². The summed E-state index contributed by atoms with van der Waals surface area (Å²) in [5, 5.41) is 0. The van der Waals surface area contributed by atoms with E-state index in [9.17, 15) is 4.79 Å². The standard InChI is InChI=1S/C9H14N2OS/c1-4-11(3)9(12)8-5-7(10)6(2)13-8/h5H,4,10H2,1-3H3. The smallest absolute Gasteiger partial charge is 0.263 e. The van der Waals surface area contributed by atoms with Crippen LogP contribution in [-0.2, 0) is 0 Å². The summed E-state index contributed by atoms with van der Waals surface area (Å²) in [6, 6.07) is 1.74. The predicted molar refractivity (Wildman–Crippen MR) is 56.1 cm³/mol. The van der Waals surface area contributed by atoms with E-state index in [1.54, 1.807) is 18.0 Å². The molecule has 0 aromatic carbocycles. The van der Waals surface area contributed by atoms with Gasteiger partial charge in [-0.2, -0.15) is 0 Å². The Labute approximate surface area is 82.2 Å². The Morgan fingerprint density at radius 2 is 2.31 bits per heavy atom. The maximum Gasteiger partial charge on any atom is 0.263 e. The fourth-order valence-corrected chi connectivity index (χ4v) is 1.87. The molecule has 1 heterocycles. The molecule has 3 nitrogen and oxygen atoms in total. The highest BCUT2D eigenvalue weighted by Crippen LogP contribution is 2.24. The highest BCUT2D eigenvalue weighted by atomic mass is 32.1. The van der Waals surface area contributed by atoms with Crippen molar-refractivity contribution in [2.75, 3.05) is 19.3 Å². The van der Waals surface area contributed by atoms with Gasteiger partial charge in [0.25, 0.3) is 5.91 Å². The lowest BCUT2D eigenvalue weighted by molar-refractivity contribution is 0.0807. The van der Waals surface area contributed by atoms with Crippen LogP contribution >= 0.6 is 11.3 Å². The van der Waals surface area contributed by atoms with Crippen LogP contribution in [0.2, 0.25) is 0 Å². The summed E-state index contributed by atoms with van der Waals surface area (Å²) in [5.74, 6) is 0.0484. The summed E-state index contributed by atoms with van der Waals surface area (Å²) in [4.78, 5) is 15.0. The number of hydrogen-bond acceptors (Lipinski definition) is 3. The molecule has 1 aromatic heterocycles. The molecular formula is C9H14N2OS.